The lowest BCUT2D eigenvalue weighted by Gasteiger charge is -2.00. The molecule has 0 aliphatic rings. The summed E-state index contributed by atoms with van der Waals surface area (Å²) >= 11 is 0.950. The van der Waals surface area contributed by atoms with Crippen molar-refractivity contribution in [3.05, 3.63) is 63.3 Å². The first kappa shape index (κ1) is 17.3. The van der Waals surface area contributed by atoms with Crippen LogP contribution < -0.4 is 5.32 Å². The molecule has 9 nitrogen and oxygen atoms in total. The summed E-state index contributed by atoms with van der Waals surface area (Å²) in [5, 5.41) is 13.8. The van der Waals surface area contributed by atoms with Gasteiger partial charge < -0.3 is 9.15 Å². The smallest absolute Gasteiger partial charge is 0.349 e. The number of esters is 1. The number of nitrogens with zero attached hydrogens (tertiary/aromatic N) is 2. The van der Waals surface area contributed by atoms with Crippen molar-refractivity contribution in [2.45, 2.75) is 0 Å². The van der Waals surface area contributed by atoms with E-state index in [-0.39, 0.29) is 32.8 Å². The summed E-state index contributed by atoms with van der Waals surface area (Å²) in [6.07, 6.45) is 1.28. The Bertz CT molecular complexity index is 993. The molecule has 0 unspecified atom stereocenters. The van der Waals surface area contributed by atoms with Gasteiger partial charge >= 0.3 is 5.97 Å². The number of nitro groups is 1. The number of benzene rings is 1. The van der Waals surface area contributed by atoms with Gasteiger partial charge in [-0.3, -0.25) is 20.2 Å². The molecule has 1 amide bonds. The second-order valence-electron chi connectivity index (χ2n) is 4.91. The highest BCUT2D eigenvalue weighted by Crippen LogP contribution is 2.31. The number of anilines is 1. The van der Waals surface area contributed by atoms with E-state index in [0.29, 0.717) is 0 Å². The molecule has 10 heteroatoms. The largest absolute Gasteiger partial charge is 0.465 e. The summed E-state index contributed by atoms with van der Waals surface area (Å²) in [6.45, 7) is 0. The van der Waals surface area contributed by atoms with Crippen molar-refractivity contribution < 1.29 is 23.7 Å². The monoisotopic (exact) mass is 373 g/mol. The Labute approximate surface area is 150 Å². The number of rotatable bonds is 5. The van der Waals surface area contributed by atoms with E-state index >= 15 is 0 Å². The van der Waals surface area contributed by atoms with Crippen LogP contribution in [0, 0.1) is 10.1 Å². The first-order chi connectivity index (χ1) is 12.5. The standard InChI is InChI=1S/C16H11N3O6S/c1-24-15(21)13-8-17-16(26-13)18-14(20)12-7-6-11(25-12)9-4-2-3-5-10(9)19(22)23/h2-8H,1H3,(H,17,18,20). The normalized spacial score (nSPS) is 10.3. The zero-order valence-corrected chi connectivity index (χ0v) is 14.1. The van der Waals surface area contributed by atoms with Gasteiger partial charge in [-0.05, 0) is 18.2 Å². The minimum atomic E-state index is -0.597. The molecule has 2 heterocycles. The molecule has 132 valence electrons. The number of aromatic nitrogens is 1. The number of carbonyl (C=O) groups is 2. The first-order valence-electron chi connectivity index (χ1n) is 7.18. The van der Waals surface area contributed by atoms with Crippen molar-refractivity contribution >= 4 is 34.0 Å². The maximum Gasteiger partial charge on any atom is 0.349 e. The summed E-state index contributed by atoms with van der Waals surface area (Å²) in [7, 11) is 1.24. The van der Waals surface area contributed by atoms with Crippen molar-refractivity contribution in [2.75, 3.05) is 12.4 Å². The molecule has 0 radical (unpaired) electrons. The zero-order valence-electron chi connectivity index (χ0n) is 13.3. The molecule has 0 aliphatic carbocycles. The number of methoxy groups -OCH3 is 1. The Balaban J connectivity index is 1.80. The Morgan fingerprint density at radius 2 is 2.04 bits per heavy atom. The van der Waals surface area contributed by atoms with E-state index in [0.717, 1.165) is 11.3 Å². The van der Waals surface area contributed by atoms with E-state index in [1.165, 1.54) is 37.6 Å². The number of hydrogen-bond donors (Lipinski definition) is 1. The summed E-state index contributed by atoms with van der Waals surface area (Å²) < 4.78 is 10.0. The summed E-state index contributed by atoms with van der Waals surface area (Å²) in [6, 6.07) is 8.92. The third-order valence-corrected chi connectivity index (χ3v) is 4.20. The highest BCUT2D eigenvalue weighted by molar-refractivity contribution is 7.17. The van der Waals surface area contributed by atoms with Crippen LogP contribution in [0.1, 0.15) is 20.2 Å². The van der Waals surface area contributed by atoms with E-state index in [1.54, 1.807) is 12.1 Å². The molecule has 0 atom stereocenters. The van der Waals surface area contributed by atoms with Crippen LogP contribution in [0.25, 0.3) is 11.3 Å². The van der Waals surface area contributed by atoms with E-state index in [4.69, 9.17) is 4.42 Å². The second kappa shape index (κ2) is 7.15. The molecular weight excluding hydrogens is 362 g/mol. The predicted molar refractivity (Wildman–Crippen MR) is 92.2 cm³/mol. The lowest BCUT2D eigenvalue weighted by Crippen LogP contribution is -2.10. The molecule has 0 saturated heterocycles. The van der Waals surface area contributed by atoms with Gasteiger partial charge in [0.25, 0.3) is 11.6 Å². The maximum absolute atomic E-state index is 12.2. The summed E-state index contributed by atoms with van der Waals surface area (Å²) in [4.78, 5) is 38.3. The Morgan fingerprint density at radius 3 is 2.77 bits per heavy atom. The van der Waals surface area contributed by atoms with Gasteiger partial charge in [0.1, 0.15) is 10.6 Å². The van der Waals surface area contributed by atoms with Crippen molar-refractivity contribution in [2.24, 2.45) is 0 Å². The molecule has 26 heavy (non-hydrogen) atoms. The molecule has 0 bridgehead atoms. The number of thiazole rings is 1. The average Bonchev–Trinajstić information content (AvgIpc) is 3.30. The minimum absolute atomic E-state index is 0.0482. The van der Waals surface area contributed by atoms with Crippen molar-refractivity contribution in [1.82, 2.24) is 4.98 Å². The average molecular weight is 373 g/mol. The maximum atomic E-state index is 12.2. The number of nitrogens with one attached hydrogen (secondary N) is 1. The van der Waals surface area contributed by atoms with Crippen LogP contribution in [-0.2, 0) is 4.74 Å². The number of hydrogen-bond acceptors (Lipinski definition) is 8. The van der Waals surface area contributed by atoms with Gasteiger partial charge in [-0.25, -0.2) is 9.78 Å². The highest BCUT2D eigenvalue weighted by atomic mass is 32.1. The number of carbonyl (C=O) groups excluding carboxylic acids is 2. The van der Waals surface area contributed by atoms with Crippen LogP contribution in [-0.4, -0.2) is 28.9 Å². The molecule has 3 aromatic rings. The van der Waals surface area contributed by atoms with Gasteiger partial charge in [-0.2, -0.15) is 0 Å². The van der Waals surface area contributed by atoms with Crippen LogP contribution in [0.3, 0.4) is 0 Å². The van der Waals surface area contributed by atoms with Gasteiger partial charge in [-0.15, -0.1) is 0 Å². The van der Waals surface area contributed by atoms with E-state index < -0.39 is 16.8 Å². The van der Waals surface area contributed by atoms with Crippen molar-refractivity contribution in [3.63, 3.8) is 0 Å². The number of ether oxygens (including phenoxy) is 1. The van der Waals surface area contributed by atoms with Crippen LogP contribution in [0.15, 0.2) is 47.0 Å². The lowest BCUT2D eigenvalue weighted by molar-refractivity contribution is -0.384. The van der Waals surface area contributed by atoms with E-state index in [9.17, 15) is 19.7 Å². The Morgan fingerprint density at radius 1 is 1.27 bits per heavy atom. The fourth-order valence-corrected chi connectivity index (χ4v) is 2.86. The molecule has 0 spiro atoms. The molecule has 0 aliphatic heterocycles. The van der Waals surface area contributed by atoms with Gasteiger partial charge in [0.05, 0.1) is 23.8 Å². The van der Waals surface area contributed by atoms with Crippen LogP contribution in [0.4, 0.5) is 10.8 Å². The Hall–Kier alpha value is -3.53. The highest BCUT2D eigenvalue weighted by Gasteiger charge is 2.20. The fraction of sp³-hybridized carbons (Fsp3) is 0.0625. The molecule has 0 saturated carbocycles. The summed E-state index contributed by atoms with van der Waals surface area (Å²) in [5.41, 5.74) is 0.134. The molecule has 1 N–H and O–H groups in total. The number of furan rings is 1. The molecule has 3 rings (SSSR count). The van der Waals surface area contributed by atoms with Crippen molar-refractivity contribution in [3.8, 4) is 11.3 Å². The SMILES string of the molecule is COC(=O)c1cnc(NC(=O)c2ccc(-c3ccccc3[N+](=O)[O-])o2)s1. The number of nitro benzene ring substituents is 1. The Kier molecular flexibility index (Phi) is 4.76. The molecule has 2 aromatic heterocycles. The van der Waals surface area contributed by atoms with Gasteiger partial charge in [0.15, 0.2) is 10.9 Å². The van der Waals surface area contributed by atoms with Crippen LogP contribution >= 0.6 is 11.3 Å². The topological polar surface area (TPSA) is 125 Å². The lowest BCUT2D eigenvalue weighted by atomic mass is 10.1. The zero-order chi connectivity index (χ0) is 18.7. The van der Waals surface area contributed by atoms with Gasteiger partial charge in [0.2, 0.25) is 0 Å². The van der Waals surface area contributed by atoms with Gasteiger partial charge in [0, 0.05) is 6.07 Å². The number of para-hydroxylation sites is 1. The molecular formula is C16H11N3O6S. The molecule has 1 aromatic carbocycles. The predicted octanol–water partition coefficient (Wildman–Crippen LogP) is 3.35. The van der Waals surface area contributed by atoms with Gasteiger partial charge in [-0.1, -0.05) is 23.5 Å². The quantitative estimate of drug-likeness (QED) is 0.413. The minimum Gasteiger partial charge on any atom is -0.465 e. The van der Waals surface area contributed by atoms with E-state index in [2.05, 4.69) is 15.0 Å². The fourth-order valence-electron chi connectivity index (χ4n) is 2.13. The molecule has 0 fully saturated rings. The third-order valence-electron chi connectivity index (χ3n) is 3.31. The third kappa shape index (κ3) is 3.44. The van der Waals surface area contributed by atoms with Crippen molar-refractivity contribution in [1.29, 1.82) is 0 Å². The first-order valence-corrected chi connectivity index (χ1v) is 8.00. The van der Waals surface area contributed by atoms with Crippen LogP contribution in [0.5, 0.6) is 0 Å². The van der Waals surface area contributed by atoms with E-state index in [1.807, 2.05) is 0 Å². The summed E-state index contributed by atoms with van der Waals surface area (Å²) in [5.74, 6) is -1.01. The van der Waals surface area contributed by atoms with Crippen LogP contribution in [0.2, 0.25) is 0 Å². The second-order valence-corrected chi connectivity index (χ2v) is 5.94. The number of amides is 1.